The Bertz CT molecular complexity index is 1110. The van der Waals surface area contributed by atoms with Crippen molar-refractivity contribution in [2.24, 2.45) is 0 Å². The van der Waals surface area contributed by atoms with Crippen LogP contribution in [0.1, 0.15) is 23.2 Å². The molecule has 3 aromatic carbocycles. The molecule has 30 heavy (non-hydrogen) atoms. The van der Waals surface area contributed by atoms with E-state index in [4.69, 9.17) is 16.3 Å². The molecule has 1 fully saturated rings. The Balaban J connectivity index is 1.51. The van der Waals surface area contributed by atoms with Crippen LogP contribution in [0, 0.1) is 0 Å². The summed E-state index contributed by atoms with van der Waals surface area (Å²) in [5, 5.41) is 3.28. The summed E-state index contributed by atoms with van der Waals surface area (Å²) >= 11 is 6.15. The topological polar surface area (TPSA) is 75.7 Å². The number of hydrogen-bond donors (Lipinski definition) is 1. The van der Waals surface area contributed by atoms with Crippen molar-refractivity contribution < 1.29 is 19.1 Å². The van der Waals surface area contributed by atoms with Crippen LogP contribution in [-0.2, 0) is 9.59 Å². The minimum absolute atomic E-state index is 0.212. The maximum Gasteiger partial charge on any atom is 0.255 e. The van der Waals surface area contributed by atoms with Crippen molar-refractivity contribution >= 4 is 40.7 Å². The quantitative estimate of drug-likeness (QED) is 0.587. The lowest BCUT2D eigenvalue weighted by atomic mass is 10.1. The fourth-order valence-corrected chi connectivity index (χ4v) is 3.30. The molecule has 3 aromatic rings. The number of hydrogen-bond acceptors (Lipinski definition) is 4. The van der Waals surface area contributed by atoms with Crippen LogP contribution >= 0.6 is 11.6 Å². The molecule has 0 atom stereocenters. The monoisotopic (exact) mass is 420 g/mol. The van der Waals surface area contributed by atoms with E-state index < -0.39 is 0 Å². The maximum absolute atomic E-state index is 12.7. The first-order valence-corrected chi connectivity index (χ1v) is 9.69. The third kappa shape index (κ3) is 4.04. The van der Waals surface area contributed by atoms with Crippen LogP contribution in [0.15, 0.2) is 72.8 Å². The molecule has 0 saturated carbocycles. The molecular formula is C23H17ClN2O4. The number of nitrogens with one attached hydrogen (secondary N) is 1. The van der Waals surface area contributed by atoms with Crippen molar-refractivity contribution in [2.75, 3.05) is 10.2 Å². The number of rotatable bonds is 5. The number of imide groups is 1. The van der Waals surface area contributed by atoms with E-state index in [1.807, 2.05) is 0 Å². The Labute approximate surface area is 178 Å². The van der Waals surface area contributed by atoms with Gasteiger partial charge in [-0.05, 0) is 48.5 Å². The Kier molecular flexibility index (Phi) is 5.50. The van der Waals surface area contributed by atoms with Crippen LogP contribution in [0.5, 0.6) is 11.5 Å². The normalized spacial score (nSPS) is 13.4. The SMILES string of the molecule is O=C(Nc1ccccc1Oc1ccccc1Cl)c1ccc(N2C(=O)CCC2=O)cc1. The molecule has 3 amide bonds. The number of halogens is 1. The van der Waals surface area contributed by atoms with E-state index >= 15 is 0 Å². The number of para-hydroxylation sites is 3. The second-order valence-electron chi connectivity index (χ2n) is 6.65. The van der Waals surface area contributed by atoms with E-state index in [0.29, 0.717) is 33.5 Å². The highest BCUT2D eigenvalue weighted by Gasteiger charge is 2.30. The summed E-state index contributed by atoms with van der Waals surface area (Å²) in [6.45, 7) is 0. The van der Waals surface area contributed by atoms with Crippen LogP contribution in [0.4, 0.5) is 11.4 Å². The lowest BCUT2D eigenvalue weighted by molar-refractivity contribution is -0.121. The fourth-order valence-electron chi connectivity index (χ4n) is 3.13. The van der Waals surface area contributed by atoms with Gasteiger partial charge in [-0.25, -0.2) is 0 Å². The van der Waals surface area contributed by atoms with Gasteiger partial charge in [-0.3, -0.25) is 19.3 Å². The van der Waals surface area contributed by atoms with Crippen LogP contribution in [0.25, 0.3) is 0 Å². The van der Waals surface area contributed by atoms with Crippen LogP contribution in [0.3, 0.4) is 0 Å². The predicted octanol–water partition coefficient (Wildman–Crippen LogP) is 5.04. The van der Waals surface area contributed by atoms with Crippen molar-refractivity contribution in [1.29, 1.82) is 0 Å². The Morgan fingerprint density at radius 3 is 2.10 bits per heavy atom. The van der Waals surface area contributed by atoms with Gasteiger partial charge < -0.3 is 10.1 Å². The van der Waals surface area contributed by atoms with E-state index in [9.17, 15) is 14.4 Å². The molecule has 0 radical (unpaired) electrons. The van der Waals surface area contributed by atoms with Crippen molar-refractivity contribution in [3.05, 3.63) is 83.4 Å². The average Bonchev–Trinajstić information content (AvgIpc) is 3.09. The summed E-state index contributed by atoms with van der Waals surface area (Å²) in [4.78, 5) is 37.6. The van der Waals surface area contributed by atoms with E-state index in [-0.39, 0.29) is 30.6 Å². The summed E-state index contributed by atoms with van der Waals surface area (Å²) in [6.07, 6.45) is 0.423. The molecule has 1 saturated heterocycles. The molecule has 1 heterocycles. The number of carbonyl (C=O) groups excluding carboxylic acids is 3. The third-order valence-electron chi connectivity index (χ3n) is 4.63. The van der Waals surface area contributed by atoms with Crippen LogP contribution < -0.4 is 15.0 Å². The van der Waals surface area contributed by atoms with E-state index in [2.05, 4.69) is 5.32 Å². The molecule has 1 aliphatic heterocycles. The van der Waals surface area contributed by atoms with Crippen molar-refractivity contribution in [3.8, 4) is 11.5 Å². The van der Waals surface area contributed by atoms with Gasteiger partial charge in [-0.2, -0.15) is 0 Å². The number of anilines is 2. The zero-order chi connectivity index (χ0) is 21.1. The highest BCUT2D eigenvalue weighted by Crippen LogP contribution is 2.33. The molecule has 0 bridgehead atoms. The summed E-state index contributed by atoms with van der Waals surface area (Å²) in [5.74, 6) is 0.107. The Morgan fingerprint density at radius 1 is 0.833 bits per heavy atom. The zero-order valence-electron chi connectivity index (χ0n) is 15.8. The number of ether oxygens (including phenoxy) is 1. The number of nitrogens with zero attached hydrogens (tertiary/aromatic N) is 1. The molecule has 150 valence electrons. The highest BCUT2D eigenvalue weighted by atomic mass is 35.5. The van der Waals surface area contributed by atoms with Crippen molar-refractivity contribution in [2.45, 2.75) is 12.8 Å². The number of carbonyl (C=O) groups is 3. The summed E-state index contributed by atoms with van der Waals surface area (Å²) < 4.78 is 5.86. The first-order chi connectivity index (χ1) is 14.5. The lowest BCUT2D eigenvalue weighted by Gasteiger charge is -2.15. The largest absolute Gasteiger partial charge is 0.454 e. The molecule has 0 aromatic heterocycles. The van der Waals surface area contributed by atoms with Gasteiger partial charge in [0, 0.05) is 18.4 Å². The van der Waals surface area contributed by atoms with Gasteiger partial charge >= 0.3 is 0 Å². The van der Waals surface area contributed by atoms with Crippen LogP contribution in [-0.4, -0.2) is 17.7 Å². The maximum atomic E-state index is 12.7. The molecule has 4 rings (SSSR count). The number of benzene rings is 3. The van der Waals surface area contributed by atoms with Crippen molar-refractivity contribution in [1.82, 2.24) is 0 Å². The van der Waals surface area contributed by atoms with E-state index in [0.717, 1.165) is 4.90 Å². The average molecular weight is 421 g/mol. The highest BCUT2D eigenvalue weighted by molar-refractivity contribution is 6.32. The van der Waals surface area contributed by atoms with Gasteiger partial charge in [0.15, 0.2) is 5.75 Å². The molecule has 7 heteroatoms. The molecule has 6 nitrogen and oxygen atoms in total. The summed E-state index contributed by atoms with van der Waals surface area (Å²) in [5.41, 5.74) is 1.32. The lowest BCUT2D eigenvalue weighted by Crippen LogP contribution is -2.28. The molecule has 1 N–H and O–H groups in total. The smallest absolute Gasteiger partial charge is 0.255 e. The molecule has 0 spiro atoms. The second kappa shape index (κ2) is 8.39. The predicted molar refractivity (Wildman–Crippen MR) is 114 cm³/mol. The minimum Gasteiger partial charge on any atom is -0.454 e. The van der Waals surface area contributed by atoms with Gasteiger partial charge in [0.2, 0.25) is 11.8 Å². The van der Waals surface area contributed by atoms with Gasteiger partial charge in [0.05, 0.1) is 16.4 Å². The van der Waals surface area contributed by atoms with Gasteiger partial charge in [-0.15, -0.1) is 0 Å². The number of amides is 3. The molecular weight excluding hydrogens is 404 g/mol. The first kappa shape index (κ1) is 19.7. The zero-order valence-corrected chi connectivity index (χ0v) is 16.6. The standard InChI is InChI=1S/C23H17ClN2O4/c24-17-5-1-3-7-19(17)30-20-8-4-2-6-18(20)25-23(29)15-9-11-16(12-10-15)26-21(27)13-14-22(26)28/h1-12H,13-14H2,(H,25,29). The molecule has 0 unspecified atom stereocenters. The molecule has 0 aliphatic carbocycles. The Hall–Kier alpha value is -3.64. The minimum atomic E-state index is -0.351. The first-order valence-electron chi connectivity index (χ1n) is 9.31. The summed E-state index contributed by atoms with van der Waals surface area (Å²) in [7, 11) is 0. The van der Waals surface area contributed by atoms with Gasteiger partial charge in [-0.1, -0.05) is 35.9 Å². The Morgan fingerprint density at radius 2 is 1.43 bits per heavy atom. The van der Waals surface area contributed by atoms with E-state index in [1.165, 1.54) is 0 Å². The van der Waals surface area contributed by atoms with Crippen LogP contribution in [0.2, 0.25) is 5.02 Å². The van der Waals surface area contributed by atoms with E-state index in [1.54, 1.807) is 72.8 Å². The fraction of sp³-hybridized carbons (Fsp3) is 0.0870. The summed E-state index contributed by atoms with van der Waals surface area (Å²) in [6, 6.07) is 20.4. The second-order valence-corrected chi connectivity index (χ2v) is 7.06. The van der Waals surface area contributed by atoms with Crippen molar-refractivity contribution in [3.63, 3.8) is 0 Å². The van der Waals surface area contributed by atoms with Gasteiger partial charge in [0.25, 0.3) is 5.91 Å². The van der Waals surface area contributed by atoms with Gasteiger partial charge in [0.1, 0.15) is 5.75 Å². The third-order valence-corrected chi connectivity index (χ3v) is 4.94. The molecule has 1 aliphatic rings.